The lowest BCUT2D eigenvalue weighted by molar-refractivity contribution is -0.120. The molecule has 0 aromatic heterocycles. The minimum absolute atomic E-state index is 0.113. The first-order valence-corrected chi connectivity index (χ1v) is 10.2. The summed E-state index contributed by atoms with van der Waals surface area (Å²) in [4.78, 5) is 11.6. The van der Waals surface area contributed by atoms with Crippen molar-refractivity contribution in [3.05, 3.63) is 23.8 Å². The van der Waals surface area contributed by atoms with Gasteiger partial charge in [-0.25, -0.2) is 13.1 Å². The summed E-state index contributed by atoms with van der Waals surface area (Å²) < 4.78 is 33.7. The number of methoxy groups -OCH3 is 1. The van der Waals surface area contributed by atoms with Gasteiger partial charge in [0.15, 0.2) is 0 Å². The van der Waals surface area contributed by atoms with E-state index in [0.717, 1.165) is 0 Å². The summed E-state index contributed by atoms with van der Waals surface area (Å²) in [7, 11) is -2.26. The van der Waals surface area contributed by atoms with Crippen LogP contribution < -0.4 is 20.5 Å². The molecule has 26 heavy (non-hydrogen) atoms. The minimum Gasteiger partial charge on any atom is -0.496 e. The summed E-state index contributed by atoms with van der Waals surface area (Å²) in [5.74, 6) is 0.692. The normalized spacial score (nSPS) is 14.1. The lowest BCUT2D eigenvalue weighted by Crippen LogP contribution is -2.52. The number of rotatable bonds is 10. The molecule has 148 valence electrons. The molecule has 4 N–H and O–H groups in total. The predicted molar refractivity (Wildman–Crippen MR) is 102 cm³/mol. The molecule has 0 bridgehead atoms. The van der Waals surface area contributed by atoms with Gasteiger partial charge in [0.2, 0.25) is 15.9 Å². The largest absolute Gasteiger partial charge is 0.496 e. The Labute approximate surface area is 156 Å². The summed E-state index contributed by atoms with van der Waals surface area (Å²) in [5.41, 5.74) is 5.68. The molecule has 1 atom stereocenters. The van der Waals surface area contributed by atoms with Crippen LogP contribution in [0.15, 0.2) is 23.1 Å². The Kier molecular flexibility index (Phi) is 8.05. The van der Waals surface area contributed by atoms with E-state index in [-0.39, 0.29) is 23.9 Å². The van der Waals surface area contributed by atoms with Crippen molar-refractivity contribution in [3.8, 4) is 5.75 Å². The summed E-state index contributed by atoms with van der Waals surface area (Å²) in [5, 5.41) is 2.73. The Morgan fingerprint density at radius 1 is 1.35 bits per heavy atom. The monoisotopic (exact) mass is 385 g/mol. The smallest absolute Gasteiger partial charge is 0.241 e. The van der Waals surface area contributed by atoms with Gasteiger partial charge in [-0.3, -0.25) is 4.79 Å². The van der Waals surface area contributed by atoms with E-state index in [4.69, 9.17) is 10.5 Å². The van der Waals surface area contributed by atoms with E-state index in [1.165, 1.54) is 19.2 Å². The Balaban J connectivity index is 3.14. The van der Waals surface area contributed by atoms with Crippen molar-refractivity contribution < 1.29 is 17.9 Å². The van der Waals surface area contributed by atoms with Crippen molar-refractivity contribution in [2.75, 3.05) is 13.7 Å². The lowest BCUT2D eigenvalue weighted by atomic mass is 9.92. The topological polar surface area (TPSA) is 111 Å². The molecular weight excluding hydrogens is 354 g/mol. The average molecular weight is 386 g/mol. The van der Waals surface area contributed by atoms with Crippen LogP contribution >= 0.6 is 0 Å². The number of benzene rings is 1. The Bertz CT molecular complexity index is 719. The molecule has 0 saturated carbocycles. The zero-order valence-electron chi connectivity index (χ0n) is 16.3. The fourth-order valence-electron chi connectivity index (χ4n) is 2.83. The van der Waals surface area contributed by atoms with E-state index >= 15 is 0 Å². The molecule has 0 heterocycles. The van der Waals surface area contributed by atoms with Crippen LogP contribution in [0.5, 0.6) is 5.75 Å². The fourth-order valence-corrected chi connectivity index (χ4v) is 4.31. The van der Waals surface area contributed by atoms with Crippen LogP contribution in [-0.4, -0.2) is 33.5 Å². The van der Waals surface area contributed by atoms with E-state index in [9.17, 15) is 13.2 Å². The molecule has 1 unspecified atom stereocenters. The summed E-state index contributed by atoms with van der Waals surface area (Å²) >= 11 is 0. The first-order valence-electron chi connectivity index (χ1n) is 8.74. The van der Waals surface area contributed by atoms with Crippen LogP contribution in [-0.2, 0) is 21.4 Å². The maximum atomic E-state index is 12.8. The van der Waals surface area contributed by atoms with Gasteiger partial charge in [-0.1, -0.05) is 20.8 Å². The first kappa shape index (κ1) is 22.4. The molecular formula is C18H31N3O4S. The number of sulfonamides is 1. The summed E-state index contributed by atoms with van der Waals surface area (Å²) in [6.07, 6.45) is 0.976. The molecule has 1 rings (SSSR count). The Morgan fingerprint density at radius 3 is 2.50 bits per heavy atom. The van der Waals surface area contributed by atoms with Gasteiger partial charge in [0.05, 0.1) is 12.0 Å². The highest BCUT2D eigenvalue weighted by molar-refractivity contribution is 7.89. The average Bonchev–Trinajstić information content (AvgIpc) is 2.57. The Morgan fingerprint density at radius 2 is 2.00 bits per heavy atom. The van der Waals surface area contributed by atoms with Crippen molar-refractivity contribution in [2.45, 2.75) is 57.5 Å². The number of carbonyl (C=O) groups is 1. The molecule has 0 fully saturated rings. The van der Waals surface area contributed by atoms with Crippen molar-refractivity contribution in [2.24, 2.45) is 11.7 Å². The molecule has 0 saturated heterocycles. The number of ether oxygens (including phenoxy) is 1. The van der Waals surface area contributed by atoms with E-state index in [1.54, 1.807) is 19.9 Å². The van der Waals surface area contributed by atoms with E-state index in [1.807, 2.05) is 13.8 Å². The van der Waals surface area contributed by atoms with E-state index < -0.39 is 15.6 Å². The SMILES string of the molecule is CCC(=O)NCc1cc(S(=O)(=O)NC(C)(CN)CC(C)C)ccc1OC. The molecule has 0 radical (unpaired) electrons. The van der Waals surface area contributed by atoms with Crippen molar-refractivity contribution in [3.63, 3.8) is 0 Å². The molecule has 7 nitrogen and oxygen atoms in total. The molecule has 0 spiro atoms. The maximum Gasteiger partial charge on any atom is 0.241 e. The second-order valence-corrected chi connectivity index (χ2v) is 8.75. The molecule has 0 aliphatic heterocycles. The second kappa shape index (κ2) is 9.34. The van der Waals surface area contributed by atoms with Gasteiger partial charge in [0.1, 0.15) is 5.75 Å². The van der Waals surface area contributed by atoms with Crippen LogP contribution in [0.3, 0.4) is 0 Å². The minimum atomic E-state index is -3.77. The standard InChI is InChI=1S/C18H31N3O4S/c1-6-17(22)20-11-14-9-15(7-8-16(14)25-5)26(23,24)21-18(4,12-19)10-13(2)3/h7-9,13,21H,6,10-12,19H2,1-5H3,(H,20,22). The van der Waals surface area contributed by atoms with Gasteiger partial charge in [-0.15, -0.1) is 0 Å². The zero-order valence-corrected chi connectivity index (χ0v) is 17.1. The summed E-state index contributed by atoms with van der Waals surface area (Å²) in [6, 6.07) is 4.59. The van der Waals surface area contributed by atoms with Gasteiger partial charge in [0.25, 0.3) is 0 Å². The van der Waals surface area contributed by atoms with Crippen LogP contribution in [0.2, 0.25) is 0 Å². The highest BCUT2D eigenvalue weighted by Crippen LogP contribution is 2.24. The molecule has 1 amide bonds. The summed E-state index contributed by atoms with van der Waals surface area (Å²) in [6.45, 7) is 7.98. The maximum absolute atomic E-state index is 12.8. The Hall–Kier alpha value is -1.64. The molecule has 1 aromatic carbocycles. The number of amides is 1. The highest BCUT2D eigenvalue weighted by atomic mass is 32.2. The number of hydrogen-bond acceptors (Lipinski definition) is 5. The van der Waals surface area contributed by atoms with Crippen LogP contribution in [0.25, 0.3) is 0 Å². The van der Waals surface area contributed by atoms with E-state index in [2.05, 4.69) is 10.0 Å². The predicted octanol–water partition coefficient (Wildman–Crippen LogP) is 1.76. The van der Waals surface area contributed by atoms with Gasteiger partial charge in [-0.2, -0.15) is 0 Å². The fraction of sp³-hybridized carbons (Fsp3) is 0.611. The quantitative estimate of drug-likeness (QED) is 0.568. The van der Waals surface area contributed by atoms with Gasteiger partial charge >= 0.3 is 0 Å². The van der Waals surface area contributed by atoms with Crippen molar-refractivity contribution in [1.82, 2.24) is 10.0 Å². The number of nitrogens with two attached hydrogens (primary N) is 1. The van der Waals surface area contributed by atoms with Crippen molar-refractivity contribution >= 4 is 15.9 Å². The van der Waals surface area contributed by atoms with Gasteiger partial charge in [0, 0.05) is 30.6 Å². The van der Waals surface area contributed by atoms with Crippen LogP contribution in [0.1, 0.15) is 46.1 Å². The second-order valence-electron chi connectivity index (χ2n) is 7.07. The van der Waals surface area contributed by atoms with Gasteiger partial charge in [-0.05, 0) is 37.5 Å². The lowest BCUT2D eigenvalue weighted by Gasteiger charge is -2.30. The molecule has 1 aromatic rings. The van der Waals surface area contributed by atoms with Gasteiger partial charge < -0.3 is 15.8 Å². The zero-order chi connectivity index (χ0) is 20.0. The van der Waals surface area contributed by atoms with E-state index in [0.29, 0.717) is 30.1 Å². The highest BCUT2D eigenvalue weighted by Gasteiger charge is 2.30. The number of hydrogen-bond donors (Lipinski definition) is 3. The van der Waals surface area contributed by atoms with Crippen LogP contribution in [0, 0.1) is 5.92 Å². The third-order valence-electron chi connectivity index (χ3n) is 4.05. The number of nitrogens with one attached hydrogen (secondary N) is 2. The van der Waals surface area contributed by atoms with Crippen LogP contribution in [0.4, 0.5) is 0 Å². The molecule has 0 aliphatic carbocycles. The number of carbonyl (C=O) groups excluding carboxylic acids is 1. The molecule has 8 heteroatoms. The molecule has 0 aliphatic rings. The third kappa shape index (κ3) is 6.26. The third-order valence-corrected chi connectivity index (χ3v) is 5.69. The first-order chi connectivity index (χ1) is 12.1. The van der Waals surface area contributed by atoms with Crippen molar-refractivity contribution in [1.29, 1.82) is 0 Å².